The second-order valence-electron chi connectivity index (χ2n) is 8.73. The van der Waals surface area contributed by atoms with E-state index in [4.69, 9.17) is 4.74 Å². The summed E-state index contributed by atoms with van der Waals surface area (Å²) >= 11 is 0. The lowest BCUT2D eigenvalue weighted by atomic mass is 9.98. The zero-order chi connectivity index (χ0) is 23.8. The number of methoxy groups -OCH3 is 1. The minimum absolute atomic E-state index is 0.0306. The van der Waals surface area contributed by atoms with Crippen molar-refractivity contribution in [1.82, 2.24) is 19.4 Å². The van der Waals surface area contributed by atoms with Crippen molar-refractivity contribution < 1.29 is 27.5 Å². The molecule has 0 bridgehead atoms. The Morgan fingerprint density at radius 3 is 2.45 bits per heavy atom. The second kappa shape index (κ2) is 8.92. The van der Waals surface area contributed by atoms with Gasteiger partial charge in [-0.25, -0.2) is 13.2 Å². The van der Waals surface area contributed by atoms with Crippen molar-refractivity contribution in [3.63, 3.8) is 0 Å². The molecule has 0 radical (unpaired) electrons. The predicted octanol–water partition coefficient (Wildman–Crippen LogP) is 0.434. The van der Waals surface area contributed by atoms with Crippen LogP contribution in [0.15, 0.2) is 23.1 Å². The molecule has 1 aromatic carbocycles. The molecule has 2 aliphatic heterocycles. The number of benzene rings is 1. The monoisotopic (exact) mass is 479 g/mol. The number of amides is 4. The molecule has 3 fully saturated rings. The Morgan fingerprint density at radius 2 is 1.82 bits per heavy atom. The number of carbonyl (C=O) groups excluding carboxylic acids is 3. The van der Waals surface area contributed by atoms with Crippen molar-refractivity contribution in [3.8, 4) is 5.75 Å². The molecule has 2 heterocycles. The molecule has 12 heteroatoms. The number of urea groups is 1. The van der Waals surface area contributed by atoms with Gasteiger partial charge in [0.15, 0.2) is 0 Å². The smallest absolute Gasteiger partial charge is 0.325 e. The summed E-state index contributed by atoms with van der Waals surface area (Å²) in [6.07, 6.45) is 2.82. The molecule has 0 unspecified atom stereocenters. The number of hydrogen-bond acceptors (Lipinski definition) is 7. The van der Waals surface area contributed by atoms with E-state index in [1.165, 1.54) is 29.6 Å². The molecule has 2 saturated heterocycles. The average Bonchev–Trinajstić information content (AvgIpc) is 3.34. The van der Waals surface area contributed by atoms with Crippen LogP contribution in [0.5, 0.6) is 5.75 Å². The Hall–Kier alpha value is -2.70. The first-order chi connectivity index (χ1) is 15.7. The Labute approximate surface area is 193 Å². The average molecular weight is 480 g/mol. The molecule has 1 spiro atoms. The molecule has 2 N–H and O–H groups in total. The van der Waals surface area contributed by atoms with Crippen molar-refractivity contribution in [1.29, 1.82) is 0 Å². The molecule has 4 amide bonds. The number of piperazine rings is 1. The van der Waals surface area contributed by atoms with Crippen LogP contribution in [0, 0.1) is 0 Å². The molecule has 4 rings (SSSR count). The van der Waals surface area contributed by atoms with Crippen LogP contribution < -0.4 is 15.4 Å². The second-order valence-corrected chi connectivity index (χ2v) is 10.7. The molecule has 1 saturated carbocycles. The van der Waals surface area contributed by atoms with Gasteiger partial charge in [-0.3, -0.25) is 14.5 Å². The first kappa shape index (κ1) is 23.5. The summed E-state index contributed by atoms with van der Waals surface area (Å²) in [5.74, 6) is -0.746. The number of hydrogen-bond donors (Lipinski definition) is 2. The van der Waals surface area contributed by atoms with Gasteiger partial charge in [-0.2, -0.15) is 4.31 Å². The van der Waals surface area contributed by atoms with Crippen LogP contribution in [-0.4, -0.2) is 92.8 Å². The number of likely N-dealkylation sites (N-methyl/N-ethyl adjacent to an activating group) is 1. The van der Waals surface area contributed by atoms with Crippen LogP contribution in [0.3, 0.4) is 0 Å². The number of nitrogens with one attached hydrogen (secondary N) is 2. The first-order valence-corrected chi connectivity index (χ1v) is 12.4. The van der Waals surface area contributed by atoms with Gasteiger partial charge in [-0.15, -0.1) is 0 Å². The van der Waals surface area contributed by atoms with Crippen LogP contribution in [0.4, 0.5) is 10.5 Å². The third-order valence-electron chi connectivity index (χ3n) is 6.55. The molecular weight excluding hydrogens is 450 g/mol. The van der Waals surface area contributed by atoms with E-state index < -0.39 is 40.0 Å². The molecule has 180 valence electrons. The normalized spacial score (nSPS) is 21.5. The highest BCUT2D eigenvalue weighted by Gasteiger charge is 2.52. The minimum Gasteiger partial charge on any atom is -0.495 e. The summed E-state index contributed by atoms with van der Waals surface area (Å²) in [7, 11) is -0.414. The van der Waals surface area contributed by atoms with Crippen LogP contribution in [-0.2, 0) is 19.6 Å². The molecule has 0 aromatic heterocycles. The number of rotatable bonds is 6. The maximum absolute atomic E-state index is 13.1. The summed E-state index contributed by atoms with van der Waals surface area (Å²) in [6.45, 7) is 1.55. The fourth-order valence-corrected chi connectivity index (χ4v) is 6.04. The Morgan fingerprint density at radius 1 is 1.15 bits per heavy atom. The van der Waals surface area contributed by atoms with Crippen LogP contribution in [0.1, 0.15) is 25.7 Å². The van der Waals surface area contributed by atoms with Crippen LogP contribution >= 0.6 is 0 Å². The van der Waals surface area contributed by atoms with E-state index in [0.29, 0.717) is 39.0 Å². The first-order valence-electron chi connectivity index (χ1n) is 11.0. The molecule has 3 aliphatic rings. The van der Waals surface area contributed by atoms with Crippen molar-refractivity contribution >= 4 is 33.6 Å². The molecule has 1 aliphatic carbocycles. The maximum atomic E-state index is 13.1. The standard InChI is InChI=1S/C21H29N5O6S/c1-24-9-11-25(12-10-24)33(30,31)15-5-6-17(32-2)16(13-15)22-18(27)14-26-19(28)21(23-20(26)29)7-3-4-8-21/h5-6,13H,3-4,7-12,14H2,1-2H3,(H,22,27)(H,23,29). The number of ether oxygens (including phenoxy) is 1. The third kappa shape index (κ3) is 4.42. The van der Waals surface area contributed by atoms with E-state index in [1.54, 1.807) is 0 Å². The number of imide groups is 1. The number of sulfonamides is 1. The van der Waals surface area contributed by atoms with Gasteiger partial charge < -0.3 is 20.3 Å². The van der Waals surface area contributed by atoms with Gasteiger partial charge in [0.25, 0.3) is 5.91 Å². The van der Waals surface area contributed by atoms with E-state index in [2.05, 4.69) is 15.5 Å². The number of anilines is 1. The summed E-state index contributed by atoms with van der Waals surface area (Å²) in [4.78, 5) is 40.8. The van der Waals surface area contributed by atoms with Crippen molar-refractivity contribution in [2.45, 2.75) is 36.1 Å². The van der Waals surface area contributed by atoms with Crippen molar-refractivity contribution in [2.75, 3.05) is 52.2 Å². The van der Waals surface area contributed by atoms with E-state index in [0.717, 1.165) is 17.7 Å². The number of nitrogens with zero attached hydrogens (tertiary/aromatic N) is 3. The van der Waals surface area contributed by atoms with Gasteiger partial charge in [0.05, 0.1) is 17.7 Å². The summed E-state index contributed by atoms with van der Waals surface area (Å²) < 4.78 is 32.9. The van der Waals surface area contributed by atoms with E-state index >= 15 is 0 Å². The third-order valence-corrected chi connectivity index (χ3v) is 8.44. The maximum Gasteiger partial charge on any atom is 0.325 e. The van der Waals surface area contributed by atoms with E-state index in [1.807, 2.05) is 7.05 Å². The topological polar surface area (TPSA) is 128 Å². The van der Waals surface area contributed by atoms with E-state index in [-0.39, 0.29) is 16.3 Å². The predicted molar refractivity (Wildman–Crippen MR) is 119 cm³/mol. The van der Waals surface area contributed by atoms with Gasteiger partial charge >= 0.3 is 6.03 Å². The quantitative estimate of drug-likeness (QED) is 0.567. The molecule has 11 nitrogen and oxygen atoms in total. The van der Waals surface area contributed by atoms with Crippen molar-refractivity contribution in [2.24, 2.45) is 0 Å². The lowest BCUT2D eigenvalue weighted by molar-refractivity contribution is -0.133. The van der Waals surface area contributed by atoms with Gasteiger partial charge in [0.1, 0.15) is 17.8 Å². The molecule has 0 atom stereocenters. The number of carbonyl (C=O) groups is 3. The summed E-state index contributed by atoms with van der Waals surface area (Å²) in [6, 6.07) is 3.66. The van der Waals surface area contributed by atoms with Crippen LogP contribution in [0.2, 0.25) is 0 Å². The van der Waals surface area contributed by atoms with E-state index in [9.17, 15) is 22.8 Å². The van der Waals surface area contributed by atoms with Crippen molar-refractivity contribution in [3.05, 3.63) is 18.2 Å². The largest absolute Gasteiger partial charge is 0.495 e. The van der Waals surface area contributed by atoms with Gasteiger partial charge in [0.2, 0.25) is 15.9 Å². The Kier molecular flexibility index (Phi) is 6.34. The van der Waals surface area contributed by atoms with Gasteiger partial charge in [-0.05, 0) is 38.1 Å². The lowest BCUT2D eigenvalue weighted by Gasteiger charge is -2.31. The fourth-order valence-electron chi connectivity index (χ4n) is 4.59. The zero-order valence-electron chi connectivity index (χ0n) is 18.8. The molecule has 1 aromatic rings. The highest BCUT2D eigenvalue weighted by atomic mass is 32.2. The van der Waals surface area contributed by atoms with Crippen LogP contribution in [0.25, 0.3) is 0 Å². The summed E-state index contributed by atoms with van der Waals surface area (Å²) in [5, 5.41) is 5.34. The highest BCUT2D eigenvalue weighted by molar-refractivity contribution is 7.89. The Bertz CT molecular complexity index is 1060. The lowest BCUT2D eigenvalue weighted by Crippen LogP contribution is -2.47. The molecule has 33 heavy (non-hydrogen) atoms. The SMILES string of the molecule is COc1ccc(S(=O)(=O)N2CCN(C)CC2)cc1NC(=O)CN1C(=O)NC2(CCCC2)C1=O. The molecular formula is C21H29N5O6S. The Balaban J connectivity index is 1.50. The van der Waals surface area contributed by atoms with Gasteiger partial charge in [0, 0.05) is 26.2 Å². The zero-order valence-corrected chi connectivity index (χ0v) is 19.6. The minimum atomic E-state index is -3.75. The fraction of sp³-hybridized carbons (Fsp3) is 0.571. The summed E-state index contributed by atoms with van der Waals surface area (Å²) in [5.41, 5.74) is -0.744. The van der Waals surface area contributed by atoms with Gasteiger partial charge in [-0.1, -0.05) is 12.8 Å². The highest BCUT2D eigenvalue weighted by Crippen LogP contribution is 2.35.